The van der Waals surface area contributed by atoms with Gasteiger partial charge in [0, 0.05) is 0 Å². The third-order valence-corrected chi connectivity index (χ3v) is 4.20. The monoisotopic (exact) mass is 263 g/mol. The predicted octanol–water partition coefficient (Wildman–Crippen LogP) is 3.49. The molecule has 0 aliphatic heterocycles. The number of nitrogen functional groups attached to an aromatic ring is 1. The number of para-hydroxylation sites is 2. The Kier molecular flexibility index (Phi) is 2.52. The van der Waals surface area contributed by atoms with Crippen molar-refractivity contribution in [2.75, 3.05) is 5.73 Å². The average Bonchev–Trinajstić information content (AvgIpc) is 2.82. The van der Waals surface area contributed by atoms with Gasteiger partial charge in [-0.2, -0.15) is 0 Å². The lowest BCUT2D eigenvalue weighted by Crippen LogP contribution is -2.09. The minimum atomic E-state index is 0.574. The van der Waals surface area contributed by atoms with Crippen LogP contribution in [0.5, 0.6) is 0 Å². The third-order valence-electron chi connectivity index (χ3n) is 4.20. The highest BCUT2D eigenvalue weighted by Gasteiger charge is 2.17. The molecular weight excluding hydrogens is 246 g/mol. The minimum Gasteiger partial charge on any atom is -0.369 e. The van der Waals surface area contributed by atoms with E-state index in [0.29, 0.717) is 5.95 Å². The Hall–Kier alpha value is -2.29. The van der Waals surface area contributed by atoms with Gasteiger partial charge in [-0.05, 0) is 55.0 Å². The summed E-state index contributed by atoms with van der Waals surface area (Å²) in [7, 11) is 0. The molecule has 0 spiro atoms. The maximum absolute atomic E-state index is 6.17. The van der Waals surface area contributed by atoms with Gasteiger partial charge in [0.1, 0.15) is 0 Å². The van der Waals surface area contributed by atoms with Crippen LogP contribution in [0.15, 0.2) is 42.5 Å². The second-order valence-corrected chi connectivity index (χ2v) is 5.42. The predicted molar refractivity (Wildman–Crippen MR) is 82.1 cm³/mol. The molecule has 0 bridgehead atoms. The van der Waals surface area contributed by atoms with Crippen LogP contribution in [-0.2, 0) is 12.8 Å². The lowest BCUT2D eigenvalue weighted by Gasteiger charge is -2.20. The SMILES string of the molecule is Nc1nc2ccccc2n1-c1cccc2c1CCCC2. The molecule has 1 aliphatic carbocycles. The highest BCUT2D eigenvalue weighted by atomic mass is 15.2. The summed E-state index contributed by atoms with van der Waals surface area (Å²) in [5.74, 6) is 0.574. The van der Waals surface area contributed by atoms with Crippen molar-refractivity contribution in [3.8, 4) is 5.69 Å². The first-order chi connectivity index (χ1) is 9.84. The molecular formula is C17H17N3. The van der Waals surface area contributed by atoms with Crippen LogP contribution < -0.4 is 5.73 Å². The number of hydrogen-bond donors (Lipinski definition) is 1. The lowest BCUT2D eigenvalue weighted by atomic mass is 9.90. The van der Waals surface area contributed by atoms with Gasteiger partial charge in [-0.25, -0.2) is 4.98 Å². The Balaban J connectivity index is 2.02. The van der Waals surface area contributed by atoms with E-state index in [2.05, 4.69) is 33.8 Å². The molecule has 0 fully saturated rings. The Morgan fingerprint density at radius 1 is 0.950 bits per heavy atom. The van der Waals surface area contributed by atoms with Gasteiger partial charge in [0.05, 0.1) is 16.7 Å². The van der Waals surface area contributed by atoms with Crippen LogP contribution in [0.25, 0.3) is 16.7 Å². The maximum atomic E-state index is 6.17. The van der Waals surface area contributed by atoms with Crippen molar-refractivity contribution >= 4 is 17.0 Å². The summed E-state index contributed by atoms with van der Waals surface area (Å²) in [6.45, 7) is 0. The molecule has 100 valence electrons. The summed E-state index contributed by atoms with van der Waals surface area (Å²) in [5, 5.41) is 0. The minimum absolute atomic E-state index is 0.574. The fourth-order valence-electron chi connectivity index (χ4n) is 3.27. The molecule has 20 heavy (non-hydrogen) atoms. The van der Waals surface area contributed by atoms with Gasteiger partial charge < -0.3 is 5.73 Å². The molecule has 3 aromatic rings. The summed E-state index contributed by atoms with van der Waals surface area (Å²) in [6, 6.07) is 14.7. The molecule has 1 aliphatic rings. The van der Waals surface area contributed by atoms with Gasteiger partial charge in [-0.3, -0.25) is 4.57 Å². The largest absolute Gasteiger partial charge is 0.369 e. The second kappa shape index (κ2) is 4.37. The molecule has 3 nitrogen and oxygen atoms in total. The van der Waals surface area contributed by atoms with Crippen LogP contribution in [0.2, 0.25) is 0 Å². The van der Waals surface area contributed by atoms with E-state index in [1.807, 2.05) is 18.2 Å². The summed E-state index contributed by atoms with van der Waals surface area (Å²) in [6.07, 6.45) is 4.86. The van der Waals surface area contributed by atoms with E-state index in [-0.39, 0.29) is 0 Å². The summed E-state index contributed by atoms with van der Waals surface area (Å²) < 4.78 is 2.10. The first-order valence-electron chi connectivity index (χ1n) is 7.19. The number of hydrogen-bond acceptors (Lipinski definition) is 2. The quantitative estimate of drug-likeness (QED) is 0.730. The van der Waals surface area contributed by atoms with Gasteiger partial charge >= 0.3 is 0 Å². The van der Waals surface area contributed by atoms with Gasteiger partial charge in [0.25, 0.3) is 0 Å². The van der Waals surface area contributed by atoms with Crippen molar-refractivity contribution in [1.29, 1.82) is 0 Å². The molecule has 0 saturated carbocycles. The average molecular weight is 263 g/mol. The normalized spacial score (nSPS) is 14.4. The van der Waals surface area contributed by atoms with E-state index >= 15 is 0 Å². The summed E-state index contributed by atoms with van der Waals surface area (Å²) in [4.78, 5) is 4.48. The molecule has 1 heterocycles. The number of imidazole rings is 1. The van der Waals surface area contributed by atoms with E-state index in [4.69, 9.17) is 5.73 Å². The zero-order valence-corrected chi connectivity index (χ0v) is 11.3. The van der Waals surface area contributed by atoms with Gasteiger partial charge in [-0.1, -0.05) is 24.3 Å². The van der Waals surface area contributed by atoms with Crippen LogP contribution in [0.3, 0.4) is 0 Å². The Bertz CT molecular complexity index is 786. The van der Waals surface area contributed by atoms with E-state index in [1.165, 1.54) is 36.1 Å². The molecule has 0 unspecified atom stereocenters. The summed E-state index contributed by atoms with van der Waals surface area (Å²) in [5.41, 5.74) is 12.3. The van der Waals surface area contributed by atoms with Crippen LogP contribution >= 0.6 is 0 Å². The van der Waals surface area contributed by atoms with Crippen LogP contribution in [0.4, 0.5) is 5.95 Å². The molecule has 4 rings (SSSR count). The maximum Gasteiger partial charge on any atom is 0.205 e. The number of aromatic nitrogens is 2. The van der Waals surface area contributed by atoms with E-state index in [1.54, 1.807) is 0 Å². The third kappa shape index (κ3) is 1.63. The number of benzene rings is 2. The molecule has 0 amide bonds. The Morgan fingerprint density at radius 3 is 2.75 bits per heavy atom. The standard InChI is InChI=1S/C17H17N3/c18-17-19-14-9-3-4-10-16(14)20(17)15-11-5-7-12-6-1-2-8-13(12)15/h3-5,7,9-11H,1-2,6,8H2,(H2,18,19). The number of nitrogens with two attached hydrogens (primary N) is 1. The van der Waals surface area contributed by atoms with Crippen molar-refractivity contribution < 1.29 is 0 Å². The van der Waals surface area contributed by atoms with Crippen molar-refractivity contribution in [1.82, 2.24) is 9.55 Å². The molecule has 1 aromatic heterocycles. The molecule has 0 saturated heterocycles. The van der Waals surface area contributed by atoms with Crippen molar-refractivity contribution in [3.63, 3.8) is 0 Å². The van der Waals surface area contributed by atoms with Crippen LogP contribution in [0.1, 0.15) is 24.0 Å². The highest BCUT2D eigenvalue weighted by molar-refractivity contribution is 5.81. The number of rotatable bonds is 1. The topological polar surface area (TPSA) is 43.8 Å². The fourth-order valence-corrected chi connectivity index (χ4v) is 3.27. The van der Waals surface area contributed by atoms with Crippen LogP contribution in [0, 0.1) is 0 Å². The van der Waals surface area contributed by atoms with Crippen molar-refractivity contribution in [2.24, 2.45) is 0 Å². The van der Waals surface area contributed by atoms with Gasteiger partial charge in [0.2, 0.25) is 5.95 Å². The number of anilines is 1. The van der Waals surface area contributed by atoms with E-state index in [9.17, 15) is 0 Å². The van der Waals surface area contributed by atoms with E-state index < -0.39 is 0 Å². The zero-order chi connectivity index (χ0) is 13.5. The lowest BCUT2D eigenvalue weighted by molar-refractivity contribution is 0.682. The fraction of sp³-hybridized carbons (Fsp3) is 0.235. The number of fused-ring (bicyclic) bond motifs is 2. The molecule has 2 aromatic carbocycles. The zero-order valence-electron chi connectivity index (χ0n) is 11.3. The van der Waals surface area contributed by atoms with Crippen molar-refractivity contribution in [2.45, 2.75) is 25.7 Å². The highest BCUT2D eigenvalue weighted by Crippen LogP contribution is 2.30. The molecule has 3 heteroatoms. The Labute approximate surface area is 118 Å². The number of aryl methyl sites for hydroxylation is 1. The second-order valence-electron chi connectivity index (χ2n) is 5.42. The first kappa shape index (κ1) is 11.5. The molecule has 2 N–H and O–H groups in total. The van der Waals surface area contributed by atoms with E-state index in [0.717, 1.165) is 17.5 Å². The van der Waals surface area contributed by atoms with Crippen molar-refractivity contribution in [3.05, 3.63) is 53.6 Å². The summed E-state index contributed by atoms with van der Waals surface area (Å²) >= 11 is 0. The van der Waals surface area contributed by atoms with Gasteiger partial charge in [-0.15, -0.1) is 0 Å². The van der Waals surface area contributed by atoms with Gasteiger partial charge in [0.15, 0.2) is 0 Å². The molecule has 0 atom stereocenters. The smallest absolute Gasteiger partial charge is 0.205 e. The number of nitrogens with zero attached hydrogens (tertiary/aromatic N) is 2. The first-order valence-corrected chi connectivity index (χ1v) is 7.19. The van der Waals surface area contributed by atoms with Crippen LogP contribution in [-0.4, -0.2) is 9.55 Å². The molecule has 0 radical (unpaired) electrons. The Morgan fingerprint density at radius 2 is 1.80 bits per heavy atom.